The Bertz CT molecular complexity index is 502. The van der Waals surface area contributed by atoms with Crippen molar-refractivity contribution in [2.75, 3.05) is 5.75 Å². The van der Waals surface area contributed by atoms with Crippen LogP contribution in [0.4, 0.5) is 0 Å². The Hall–Kier alpha value is -1.00. The molecule has 2 aromatic rings. The van der Waals surface area contributed by atoms with Gasteiger partial charge in [0.15, 0.2) is 0 Å². The van der Waals surface area contributed by atoms with Crippen LogP contribution >= 0.6 is 11.8 Å². The molecule has 102 valence electrons. The molecule has 0 N–H and O–H groups in total. The normalized spacial score (nSPS) is 11.7. The van der Waals surface area contributed by atoms with Crippen molar-refractivity contribution in [2.24, 2.45) is 0 Å². The molecular formula is C15H22N2SSi. The number of para-hydroxylation sites is 1. The summed E-state index contributed by atoms with van der Waals surface area (Å²) in [4.78, 5) is 0. The van der Waals surface area contributed by atoms with Gasteiger partial charge in [0.2, 0.25) is 0 Å². The zero-order valence-corrected chi connectivity index (χ0v) is 13.8. The summed E-state index contributed by atoms with van der Waals surface area (Å²) in [5.74, 6) is 2.34. The SMILES string of the molecule is C[Si](C)(C)CCSCc1cnn(-c2ccccc2)c1. The molecule has 0 saturated carbocycles. The number of hydrogen-bond donors (Lipinski definition) is 0. The Kier molecular flexibility index (Phi) is 4.88. The maximum Gasteiger partial charge on any atom is 0.0645 e. The van der Waals surface area contributed by atoms with Gasteiger partial charge in [-0.3, -0.25) is 0 Å². The standard InChI is InChI=1S/C15H22N2SSi/c1-19(2,3)10-9-18-13-14-11-16-17(12-14)15-7-5-4-6-8-15/h4-8,11-12H,9-10,13H2,1-3H3. The molecule has 19 heavy (non-hydrogen) atoms. The van der Waals surface area contributed by atoms with Gasteiger partial charge in [-0.1, -0.05) is 37.8 Å². The molecule has 0 saturated heterocycles. The summed E-state index contributed by atoms with van der Waals surface area (Å²) >= 11 is 2.02. The molecule has 0 aliphatic carbocycles. The number of aromatic nitrogens is 2. The first-order valence-corrected chi connectivity index (χ1v) is 11.6. The van der Waals surface area contributed by atoms with Crippen LogP contribution in [0.25, 0.3) is 5.69 Å². The first kappa shape index (κ1) is 14.4. The first-order valence-electron chi connectivity index (χ1n) is 6.71. The molecule has 2 rings (SSSR count). The molecule has 0 aliphatic rings. The zero-order chi connectivity index (χ0) is 13.7. The van der Waals surface area contributed by atoms with Gasteiger partial charge in [-0.05, 0) is 23.9 Å². The highest BCUT2D eigenvalue weighted by Gasteiger charge is 2.12. The van der Waals surface area contributed by atoms with Gasteiger partial charge in [-0.15, -0.1) is 0 Å². The highest BCUT2D eigenvalue weighted by molar-refractivity contribution is 7.98. The second-order valence-corrected chi connectivity index (χ2v) is 12.7. The molecule has 1 heterocycles. The highest BCUT2D eigenvalue weighted by atomic mass is 32.2. The van der Waals surface area contributed by atoms with Gasteiger partial charge in [-0.25, -0.2) is 4.68 Å². The fourth-order valence-corrected chi connectivity index (χ4v) is 5.28. The van der Waals surface area contributed by atoms with Gasteiger partial charge in [0.25, 0.3) is 0 Å². The number of nitrogens with zero attached hydrogens (tertiary/aromatic N) is 2. The second-order valence-electron chi connectivity index (χ2n) is 5.99. The molecule has 0 bridgehead atoms. The van der Waals surface area contributed by atoms with Crippen LogP contribution in [0, 0.1) is 0 Å². The minimum absolute atomic E-state index is 0.884. The van der Waals surface area contributed by atoms with Crippen molar-refractivity contribution in [3.63, 3.8) is 0 Å². The molecule has 0 aliphatic heterocycles. The molecule has 1 aromatic carbocycles. The maximum absolute atomic E-state index is 4.43. The lowest BCUT2D eigenvalue weighted by molar-refractivity contribution is 0.880. The zero-order valence-electron chi connectivity index (χ0n) is 12.0. The van der Waals surface area contributed by atoms with Crippen LogP contribution in [0.5, 0.6) is 0 Å². The van der Waals surface area contributed by atoms with Gasteiger partial charge >= 0.3 is 0 Å². The average molecular weight is 291 g/mol. The monoisotopic (exact) mass is 290 g/mol. The predicted molar refractivity (Wildman–Crippen MR) is 87.9 cm³/mol. The highest BCUT2D eigenvalue weighted by Crippen LogP contribution is 2.18. The van der Waals surface area contributed by atoms with E-state index in [1.165, 1.54) is 17.4 Å². The first-order chi connectivity index (χ1) is 9.04. The lowest BCUT2D eigenvalue weighted by atomic mass is 10.3. The summed E-state index contributed by atoms with van der Waals surface area (Å²) in [5.41, 5.74) is 2.44. The van der Waals surface area contributed by atoms with Gasteiger partial charge in [0, 0.05) is 25.6 Å². The topological polar surface area (TPSA) is 17.8 Å². The Morgan fingerprint density at radius 3 is 2.58 bits per heavy atom. The second kappa shape index (κ2) is 6.44. The smallest absolute Gasteiger partial charge is 0.0645 e. The van der Waals surface area contributed by atoms with Crippen LogP contribution < -0.4 is 0 Å². The van der Waals surface area contributed by atoms with Crippen molar-refractivity contribution in [1.82, 2.24) is 9.78 Å². The summed E-state index contributed by atoms with van der Waals surface area (Å²) < 4.78 is 1.95. The summed E-state index contributed by atoms with van der Waals surface area (Å²) in [7, 11) is -0.884. The third-order valence-electron chi connectivity index (χ3n) is 2.92. The van der Waals surface area contributed by atoms with E-state index < -0.39 is 8.07 Å². The Morgan fingerprint density at radius 2 is 1.89 bits per heavy atom. The van der Waals surface area contributed by atoms with E-state index in [2.05, 4.69) is 43.1 Å². The fourth-order valence-electron chi connectivity index (χ4n) is 1.72. The molecule has 0 unspecified atom stereocenters. The lowest BCUT2D eigenvalue weighted by Crippen LogP contribution is -2.19. The Morgan fingerprint density at radius 1 is 1.16 bits per heavy atom. The number of benzene rings is 1. The van der Waals surface area contributed by atoms with E-state index in [4.69, 9.17) is 0 Å². The summed E-state index contributed by atoms with van der Waals surface area (Å²) in [6, 6.07) is 11.7. The summed E-state index contributed by atoms with van der Waals surface area (Å²) in [5, 5.41) is 4.43. The molecule has 0 amide bonds. The molecule has 1 aromatic heterocycles. The number of thioether (sulfide) groups is 1. The van der Waals surface area contributed by atoms with Crippen molar-refractivity contribution in [2.45, 2.75) is 31.4 Å². The van der Waals surface area contributed by atoms with Crippen LogP contribution in [0.15, 0.2) is 42.7 Å². The van der Waals surface area contributed by atoms with Crippen molar-refractivity contribution in [3.8, 4) is 5.69 Å². The predicted octanol–water partition coefficient (Wildman–Crippen LogP) is 4.44. The molecule has 0 fully saturated rings. The average Bonchev–Trinajstić information content (AvgIpc) is 2.83. The molecule has 2 nitrogen and oxygen atoms in total. The lowest BCUT2D eigenvalue weighted by Gasteiger charge is -2.14. The molecule has 0 spiro atoms. The van der Waals surface area contributed by atoms with Gasteiger partial charge in [0.05, 0.1) is 11.9 Å². The number of rotatable bonds is 6. The molecule has 0 atom stereocenters. The van der Waals surface area contributed by atoms with Crippen LogP contribution in [0.1, 0.15) is 5.56 Å². The fraction of sp³-hybridized carbons (Fsp3) is 0.400. The van der Waals surface area contributed by atoms with Crippen LogP contribution in [-0.4, -0.2) is 23.6 Å². The van der Waals surface area contributed by atoms with Crippen molar-refractivity contribution in [1.29, 1.82) is 0 Å². The van der Waals surface area contributed by atoms with Crippen molar-refractivity contribution < 1.29 is 0 Å². The van der Waals surface area contributed by atoms with Crippen molar-refractivity contribution in [3.05, 3.63) is 48.3 Å². The quantitative estimate of drug-likeness (QED) is 0.578. The van der Waals surface area contributed by atoms with E-state index in [0.717, 1.165) is 11.4 Å². The number of hydrogen-bond acceptors (Lipinski definition) is 2. The minimum Gasteiger partial charge on any atom is -0.241 e. The summed E-state index contributed by atoms with van der Waals surface area (Å²) in [6.07, 6.45) is 4.12. The van der Waals surface area contributed by atoms with E-state index in [0.29, 0.717) is 0 Å². The maximum atomic E-state index is 4.43. The van der Waals surface area contributed by atoms with Crippen LogP contribution in [-0.2, 0) is 5.75 Å². The van der Waals surface area contributed by atoms with E-state index in [-0.39, 0.29) is 0 Å². The van der Waals surface area contributed by atoms with E-state index >= 15 is 0 Å². The molecule has 4 heteroatoms. The van der Waals surface area contributed by atoms with Gasteiger partial charge in [-0.2, -0.15) is 16.9 Å². The third-order valence-corrected chi connectivity index (χ3v) is 6.06. The Balaban J connectivity index is 1.85. The van der Waals surface area contributed by atoms with Gasteiger partial charge in [0.1, 0.15) is 0 Å². The minimum atomic E-state index is -0.884. The molecular weight excluding hydrogens is 268 g/mol. The van der Waals surface area contributed by atoms with E-state index in [9.17, 15) is 0 Å². The van der Waals surface area contributed by atoms with Crippen LogP contribution in [0.3, 0.4) is 0 Å². The largest absolute Gasteiger partial charge is 0.241 e. The van der Waals surface area contributed by atoms with E-state index in [1.807, 2.05) is 40.8 Å². The van der Waals surface area contributed by atoms with Crippen molar-refractivity contribution >= 4 is 19.8 Å². The third kappa shape index (κ3) is 4.88. The summed E-state index contributed by atoms with van der Waals surface area (Å²) in [6.45, 7) is 7.29. The van der Waals surface area contributed by atoms with E-state index in [1.54, 1.807) is 0 Å². The van der Waals surface area contributed by atoms with Gasteiger partial charge < -0.3 is 0 Å². The Labute approximate surface area is 121 Å². The van der Waals surface area contributed by atoms with Crippen LogP contribution in [0.2, 0.25) is 25.7 Å². The molecule has 0 radical (unpaired) electrons.